The minimum Gasteiger partial charge on any atom is -0.497 e. The van der Waals surface area contributed by atoms with Crippen molar-refractivity contribution in [3.63, 3.8) is 0 Å². The quantitative estimate of drug-likeness (QED) is 0.779. The zero-order chi connectivity index (χ0) is 19.2. The van der Waals surface area contributed by atoms with Gasteiger partial charge in [-0.05, 0) is 57.4 Å². The molecule has 0 N–H and O–H groups in total. The van der Waals surface area contributed by atoms with Crippen molar-refractivity contribution in [3.8, 4) is 17.1 Å². The summed E-state index contributed by atoms with van der Waals surface area (Å²) in [5.74, 6) is 2.17. The first-order valence-corrected chi connectivity index (χ1v) is 9.73. The first-order valence-electron chi connectivity index (χ1n) is 9.73. The molecule has 0 saturated carbocycles. The highest BCUT2D eigenvalue weighted by Gasteiger charge is 2.24. The monoisotopic (exact) mass is 368 g/mol. The Hall–Kier alpha value is -2.63. The van der Waals surface area contributed by atoms with E-state index in [2.05, 4.69) is 23.7 Å². The average molecular weight is 368 g/mol. The van der Waals surface area contributed by atoms with Gasteiger partial charge in [0.05, 0.1) is 7.11 Å². The van der Waals surface area contributed by atoms with E-state index >= 15 is 0 Å². The largest absolute Gasteiger partial charge is 0.497 e. The molecule has 144 valence electrons. The minimum absolute atomic E-state index is 0.0397. The van der Waals surface area contributed by atoms with Gasteiger partial charge in [-0.2, -0.15) is 0 Å². The van der Waals surface area contributed by atoms with Gasteiger partial charge in [0.25, 0.3) is 5.91 Å². The van der Waals surface area contributed by atoms with Crippen LogP contribution in [0.2, 0.25) is 0 Å². The number of benzene rings is 1. The van der Waals surface area contributed by atoms with E-state index in [1.165, 1.54) is 6.42 Å². The molecule has 0 bridgehead atoms. The summed E-state index contributed by atoms with van der Waals surface area (Å²) in [5.41, 5.74) is 1.50. The Kier molecular flexibility index (Phi) is 6.27. The van der Waals surface area contributed by atoms with Crippen LogP contribution in [0.5, 0.6) is 5.75 Å². The first kappa shape index (κ1) is 19.1. The SMILES string of the molecule is CCN(CC)c1nc(-c2ccc(OC)cc2)ncc1C(=O)N1CCCCC1. The van der Waals surface area contributed by atoms with Crippen molar-refractivity contribution in [1.29, 1.82) is 0 Å². The molecule has 0 radical (unpaired) electrons. The Labute approximate surface area is 161 Å². The van der Waals surface area contributed by atoms with Gasteiger partial charge in [-0.15, -0.1) is 0 Å². The van der Waals surface area contributed by atoms with Gasteiger partial charge in [0.15, 0.2) is 5.82 Å². The number of carbonyl (C=O) groups is 1. The molecular formula is C21H28N4O2. The van der Waals surface area contributed by atoms with Gasteiger partial charge in [-0.1, -0.05) is 0 Å². The summed E-state index contributed by atoms with van der Waals surface area (Å²) in [7, 11) is 1.64. The minimum atomic E-state index is 0.0397. The molecule has 1 aliphatic rings. The van der Waals surface area contributed by atoms with Crippen LogP contribution in [-0.4, -0.2) is 54.1 Å². The molecular weight excluding hydrogens is 340 g/mol. The number of hydrogen-bond acceptors (Lipinski definition) is 5. The van der Waals surface area contributed by atoms with Crippen LogP contribution in [0.4, 0.5) is 5.82 Å². The van der Waals surface area contributed by atoms with E-state index in [0.29, 0.717) is 11.4 Å². The summed E-state index contributed by atoms with van der Waals surface area (Å²) >= 11 is 0. The molecule has 1 aliphatic heterocycles. The number of rotatable bonds is 6. The average Bonchev–Trinajstić information content (AvgIpc) is 2.75. The number of amides is 1. The topological polar surface area (TPSA) is 58.6 Å². The Morgan fingerprint density at radius 3 is 2.37 bits per heavy atom. The number of anilines is 1. The van der Waals surface area contributed by atoms with E-state index in [-0.39, 0.29) is 5.91 Å². The standard InChI is InChI=1S/C21H28N4O2/c1-4-24(5-2)20-18(21(26)25-13-7-6-8-14-25)15-22-19(23-20)16-9-11-17(27-3)12-10-16/h9-12,15H,4-8,13-14H2,1-3H3. The highest BCUT2D eigenvalue weighted by Crippen LogP contribution is 2.26. The Balaban J connectivity index is 1.98. The molecule has 0 spiro atoms. The highest BCUT2D eigenvalue weighted by molar-refractivity contribution is 5.99. The van der Waals surface area contributed by atoms with Gasteiger partial charge in [0.2, 0.25) is 0 Å². The van der Waals surface area contributed by atoms with Gasteiger partial charge in [-0.25, -0.2) is 9.97 Å². The fraction of sp³-hybridized carbons (Fsp3) is 0.476. The van der Waals surface area contributed by atoms with Crippen molar-refractivity contribution >= 4 is 11.7 Å². The van der Waals surface area contributed by atoms with Crippen LogP contribution in [-0.2, 0) is 0 Å². The van der Waals surface area contributed by atoms with Crippen LogP contribution >= 0.6 is 0 Å². The second kappa shape index (κ2) is 8.84. The lowest BCUT2D eigenvalue weighted by atomic mass is 10.1. The summed E-state index contributed by atoms with van der Waals surface area (Å²) in [6.07, 6.45) is 5.02. The van der Waals surface area contributed by atoms with E-state index in [1.807, 2.05) is 29.2 Å². The van der Waals surface area contributed by atoms with Crippen LogP contribution in [0.15, 0.2) is 30.5 Å². The van der Waals surface area contributed by atoms with Crippen LogP contribution < -0.4 is 9.64 Å². The Morgan fingerprint density at radius 1 is 1.11 bits per heavy atom. The zero-order valence-corrected chi connectivity index (χ0v) is 16.4. The predicted molar refractivity (Wildman–Crippen MR) is 107 cm³/mol. The van der Waals surface area contributed by atoms with E-state index in [0.717, 1.165) is 56.2 Å². The smallest absolute Gasteiger partial charge is 0.259 e. The van der Waals surface area contributed by atoms with Crippen LogP contribution in [0.25, 0.3) is 11.4 Å². The summed E-state index contributed by atoms with van der Waals surface area (Å²) in [6, 6.07) is 7.66. The number of carbonyl (C=O) groups excluding carboxylic acids is 1. The summed E-state index contributed by atoms with van der Waals surface area (Å²) < 4.78 is 5.22. The van der Waals surface area contributed by atoms with Crippen molar-refractivity contribution in [1.82, 2.24) is 14.9 Å². The second-order valence-electron chi connectivity index (χ2n) is 6.68. The number of piperidine rings is 1. The summed E-state index contributed by atoms with van der Waals surface area (Å²) in [4.78, 5) is 26.4. The second-order valence-corrected chi connectivity index (χ2v) is 6.68. The van der Waals surface area contributed by atoms with Gasteiger partial charge in [-0.3, -0.25) is 4.79 Å². The zero-order valence-electron chi connectivity index (χ0n) is 16.4. The lowest BCUT2D eigenvalue weighted by molar-refractivity contribution is 0.0724. The number of ether oxygens (including phenoxy) is 1. The molecule has 27 heavy (non-hydrogen) atoms. The summed E-state index contributed by atoms with van der Waals surface area (Å²) in [6.45, 7) is 7.36. The fourth-order valence-corrected chi connectivity index (χ4v) is 3.43. The molecule has 1 fully saturated rings. The lowest BCUT2D eigenvalue weighted by Gasteiger charge is -2.29. The summed E-state index contributed by atoms with van der Waals surface area (Å²) in [5, 5.41) is 0. The molecule has 1 aromatic carbocycles. The fourth-order valence-electron chi connectivity index (χ4n) is 3.43. The van der Waals surface area contributed by atoms with E-state index in [1.54, 1.807) is 13.3 Å². The highest BCUT2D eigenvalue weighted by atomic mass is 16.5. The molecule has 6 nitrogen and oxygen atoms in total. The number of methoxy groups -OCH3 is 1. The van der Waals surface area contributed by atoms with Gasteiger partial charge < -0.3 is 14.5 Å². The van der Waals surface area contributed by atoms with Crippen molar-refractivity contribution in [3.05, 3.63) is 36.0 Å². The molecule has 0 unspecified atom stereocenters. The third-order valence-electron chi connectivity index (χ3n) is 5.05. The Bertz CT molecular complexity index is 766. The van der Waals surface area contributed by atoms with Gasteiger partial charge in [0.1, 0.15) is 17.1 Å². The third kappa shape index (κ3) is 4.21. The first-order chi connectivity index (χ1) is 13.2. The molecule has 0 atom stereocenters. The van der Waals surface area contributed by atoms with E-state index in [9.17, 15) is 4.79 Å². The number of aromatic nitrogens is 2. The number of likely N-dealkylation sites (tertiary alicyclic amines) is 1. The number of hydrogen-bond donors (Lipinski definition) is 0. The maximum atomic E-state index is 13.1. The van der Waals surface area contributed by atoms with Crippen molar-refractivity contribution in [2.45, 2.75) is 33.1 Å². The van der Waals surface area contributed by atoms with Crippen molar-refractivity contribution < 1.29 is 9.53 Å². The number of nitrogens with zero attached hydrogens (tertiary/aromatic N) is 4. The maximum absolute atomic E-state index is 13.1. The molecule has 6 heteroatoms. The van der Waals surface area contributed by atoms with Gasteiger partial charge in [0, 0.05) is 37.9 Å². The molecule has 2 heterocycles. The van der Waals surface area contributed by atoms with E-state index in [4.69, 9.17) is 9.72 Å². The lowest BCUT2D eigenvalue weighted by Crippen LogP contribution is -2.37. The normalized spacial score (nSPS) is 14.1. The predicted octanol–water partition coefficient (Wildman–Crippen LogP) is 3.62. The third-order valence-corrected chi connectivity index (χ3v) is 5.05. The molecule has 3 rings (SSSR count). The molecule has 2 aromatic rings. The van der Waals surface area contributed by atoms with Crippen molar-refractivity contribution in [2.75, 3.05) is 38.2 Å². The van der Waals surface area contributed by atoms with Crippen LogP contribution in [0, 0.1) is 0 Å². The molecule has 1 aromatic heterocycles. The van der Waals surface area contributed by atoms with E-state index < -0.39 is 0 Å². The maximum Gasteiger partial charge on any atom is 0.259 e. The molecule has 1 amide bonds. The van der Waals surface area contributed by atoms with Crippen LogP contribution in [0.1, 0.15) is 43.5 Å². The van der Waals surface area contributed by atoms with Crippen molar-refractivity contribution in [2.24, 2.45) is 0 Å². The van der Waals surface area contributed by atoms with Gasteiger partial charge >= 0.3 is 0 Å². The molecule has 0 aliphatic carbocycles. The Morgan fingerprint density at radius 2 is 1.78 bits per heavy atom. The van der Waals surface area contributed by atoms with Crippen LogP contribution in [0.3, 0.4) is 0 Å². The molecule has 1 saturated heterocycles.